The second-order valence-electron chi connectivity index (χ2n) is 7.00. The molecule has 0 unspecified atom stereocenters. The molecule has 0 saturated heterocycles. The van der Waals surface area contributed by atoms with Crippen molar-refractivity contribution >= 4 is 35.2 Å². The quantitative estimate of drug-likeness (QED) is 0.514. The number of aryl methyl sites for hydroxylation is 1. The number of nitrogens with zero attached hydrogens (tertiary/aromatic N) is 1. The topological polar surface area (TPSA) is 108 Å². The number of para-hydroxylation sites is 1. The molecule has 0 saturated carbocycles. The minimum atomic E-state index is -1.43. The number of nitrogens with one attached hydrogen (secondary N) is 2. The van der Waals surface area contributed by atoms with Gasteiger partial charge in [-0.1, -0.05) is 48.2 Å². The number of nitriles is 1. The van der Waals surface area contributed by atoms with Crippen LogP contribution in [0.25, 0.3) is 0 Å². The third kappa shape index (κ3) is 4.81. The van der Waals surface area contributed by atoms with Gasteiger partial charge in [0.05, 0.1) is 29.5 Å². The molecule has 9 heteroatoms. The molecule has 2 atom stereocenters. The molecule has 0 fully saturated rings. The predicted molar refractivity (Wildman–Crippen MR) is 118 cm³/mol. The van der Waals surface area contributed by atoms with Crippen molar-refractivity contribution in [3.63, 3.8) is 0 Å². The van der Waals surface area contributed by atoms with E-state index in [0.717, 1.165) is 24.4 Å². The van der Waals surface area contributed by atoms with Gasteiger partial charge in [0.25, 0.3) is 0 Å². The average Bonchev–Trinajstić information content (AvgIpc) is 2.78. The summed E-state index contributed by atoms with van der Waals surface area (Å²) >= 11 is 0.931. The Morgan fingerprint density at radius 3 is 2.56 bits per heavy atom. The van der Waals surface area contributed by atoms with Crippen molar-refractivity contribution in [2.75, 3.05) is 18.2 Å². The van der Waals surface area contributed by atoms with E-state index in [1.165, 1.54) is 18.2 Å². The highest BCUT2D eigenvalue weighted by atomic mass is 32.2. The largest absolute Gasteiger partial charge is 0.468 e. The summed E-state index contributed by atoms with van der Waals surface area (Å²) < 4.78 is 19.3. The van der Waals surface area contributed by atoms with Gasteiger partial charge in [-0.15, -0.1) is 0 Å². The zero-order chi connectivity index (χ0) is 23.3. The number of esters is 1. The van der Waals surface area contributed by atoms with Gasteiger partial charge in [0, 0.05) is 11.6 Å². The molecule has 0 aromatic heterocycles. The lowest BCUT2D eigenvalue weighted by molar-refractivity contribution is -0.150. The van der Waals surface area contributed by atoms with Crippen molar-refractivity contribution in [2.45, 2.75) is 12.8 Å². The van der Waals surface area contributed by atoms with Crippen molar-refractivity contribution < 1.29 is 23.5 Å². The number of hydrogen-bond acceptors (Lipinski definition) is 6. The van der Waals surface area contributed by atoms with Crippen molar-refractivity contribution in [2.24, 2.45) is 5.92 Å². The first-order valence-corrected chi connectivity index (χ1v) is 10.6. The van der Waals surface area contributed by atoms with Gasteiger partial charge in [0.2, 0.25) is 11.8 Å². The fourth-order valence-corrected chi connectivity index (χ4v) is 4.27. The number of anilines is 1. The van der Waals surface area contributed by atoms with E-state index >= 15 is 0 Å². The summed E-state index contributed by atoms with van der Waals surface area (Å²) in [5, 5.41) is 15.2. The van der Waals surface area contributed by atoms with E-state index in [4.69, 9.17) is 4.74 Å². The number of amides is 2. The smallest absolute Gasteiger partial charge is 0.319 e. The van der Waals surface area contributed by atoms with Gasteiger partial charge in [-0.05, 0) is 30.2 Å². The van der Waals surface area contributed by atoms with Crippen LogP contribution in [0.4, 0.5) is 10.1 Å². The lowest BCUT2D eigenvalue weighted by atomic mass is 9.78. The molecule has 0 bridgehead atoms. The minimum Gasteiger partial charge on any atom is -0.468 e. The maximum Gasteiger partial charge on any atom is 0.319 e. The van der Waals surface area contributed by atoms with Gasteiger partial charge >= 0.3 is 5.97 Å². The monoisotopic (exact) mass is 453 g/mol. The van der Waals surface area contributed by atoms with E-state index in [-0.39, 0.29) is 27.8 Å². The van der Waals surface area contributed by atoms with Crippen LogP contribution in [0.15, 0.2) is 59.1 Å². The molecule has 1 aliphatic rings. The van der Waals surface area contributed by atoms with Crippen LogP contribution in [0, 0.1) is 30.0 Å². The molecule has 0 radical (unpaired) electrons. The highest BCUT2D eigenvalue weighted by Gasteiger charge is 2.45. The van der Waals surface area contributed by atoms with Crippen LogP contribution in [0.5, 0.6) is 0 Å². The zero-order valence-corrected chi connectivity index (χ0v) is 18.2. The lowest BCUT2D eigenvalue weighted by Crippen LogP contribution is -2.44. The SMILES string of the molecule is COC(=O)[C@H]1C(=O)NC(SCC(=O)Nc2ccccc2C)=C(C#N)[C@@H]1c1ccccc1F. The molecule has 164 valence electrons. The van der Waals surface area contributed by atoms with Gasteiger partial charge in [-0.3, -0.25) is 14.4 Å². The number of carbonyl (C=O) groups excluding carboxylic acids is 3. The van der Waals surface area contributed by atoms with Crippen LogP contribution in [-0.4, -0.2) is 30.6 Å². The van der Waals surface area contributed by atoms with Gasteiger partial charge in [0.15, 0.2) is 0 Å². The van der Waals surface area contributed by atoms with E-state index < -0.39 is 29.5 Å². The molecular weight excluding hydrogens is 433 g/mol. The van der Waals surface area contributed by atoms with Crippen LogP contribution >= 0.6 is 11.8 Å². The first kappa shape index (κ1) is 23.0. The molecule has 2 amide bonds. The third-order valence-electron chi connectivity index (χ3n) is 4.99. The van der Waals surface area contributed by atoms with Gasteiger partial charge in [0.1, 0.15) is 11.7 Å². The van der Waals surface area contributed by atoms with Crippen molar-refractivity contribution in [3.05, 3.63) is 76.1 Å². The van der Waals surface area contributed by atoms with Gasteiger partial charge < -0.3 is 15.4 Å². The van der Waals surface area contributed by atoms with Crippen LogP contribution in [0.3, 0.4) is 0 Å². The fraction of sp³-hybridized carbons (Fsp3) is 0.217. The molecule has 0 spiro atoms. The summed E-state index contributed by atoms with van der Waals surface area (Å²) in [6, 6.07) is 14.9. The number of carbonyl (C=O) groups is 3. The first-order valence-electron chi connectivity index (χ1n) is 9.63. The zero-order valence-electron chi connectivity index (χ0n) is 17.3. The second kappa shape index (κ2) is 10.1. The van der Waals surface area contributed by atoms with Crippen LogP contribution in [0.2, 0.25) is 0 Å². The normalized spacial score (nSPS) is 17.9. The molecule has 2 N–H and O–H groups in total. The van der Waals surface area contributed by atoms with E-state index in [2.05, 4.69) is 10.6 Å². The Hall–Kier alpha value is -3.64. The molecule has 2 aromatic carbocycles. The summed E-state index contributed by atoms with van der Waals surface area (Å²) in [5.41, 5.74) is 1.54. The second-order valence-corrected chi connectivity index (χ2v) is 7.98. The number of rotatable bonds is 6. The summed E-state index contributed by atoms with van der Waals surface area (Å²) in [6.45, 7) is 1.85. The first-order chi connectivity index (χ1) is 15.4. The Morgan fingerprint density at radius 2 is 1.91 bits per heavy atom. The number of halogens is 1. The lowest BCUT2D eigenvalue weighted by Gasteiger charge is -2.31. The Morgan fingerprint density at radius 1 is 1.22 bits per heavy atom. The number of benzene rings is 2. The number of hydrogen-bond donors (Lipinski definition) is 2. The van der Waals surface area contributed by atoms with Crippen LogP contribution in [0.1, 0.15) is 17.0 Å². The van der Waals surface area contributed by atoms with E-state index in [1.54, 1.807) is 18.2 Å². The summed E-state index contributed by atoms with van der Waals surface area (Å²) in [4.78, 5) is 37.5. The molecule has 1 heterocycles. The number of methoxy groups -OCH3 is 1. The Balaban J connectivity index is 1.92. The summed E-state index contributed by atoms with van der Waals surface area (Å²) in [7, 11) is 1.12. The molecule has 32 heavy (non-hydrogen) atoms. The highest BCUT2D eigenvalue weighted by Crippen LogP contribution is 2.41. The molecule has 2 aromatic rings. The predicted octanol–water partition coefficient (Wildman–Crippen LogP) is 3.24. The summed E-state index contributed by atoms with van der Waals surface area (Å²) in [5.74, 6) is -5.34. The van der Waals surface area contributed by atoms with Crippen molar-refractivity contribution in [1.29, 1.82) is 5.26 Å². The Kier molecular flexibility index (Phi) is 7.28. The van der Waals surface area contributed by atoms with Crippen LogP contribution in [-0.2, 0) is 19.1 Å². The Labute approximate surface area is 188 Å². The Bertz CT molecular complexity index is 1140. The van der Waals surface area contributed by atoms with Gasteiger partial charge in [-0.25, -0.2) is 4.39 Å². The highest BCUT2D eigenvalue weighted by molar-refractivity contribution is 8.03. The molecule has 0 aliphatic carbocycles. The van der Waals surface area contributed by atoms with Crippen molar-refractivity contribution in [1.82, 2.24) is 5.32 Å². The maximum atomic E-state index is 14.6. The van der Waals surface area contributed by atoms with E-state index in [0.29, 0.717) is 5.69 Å². The molecule has 7 nitrogen and oxygen atoms in total. The minimum absolute atomic E-state index is 0.0150. The fourth-order valence-electron chi connectivity index (χ4n) is 3.42. The van der Waals surface area contributed by atoms with E-state index in [9.17, 15) is 24.0 Å². The van der Waals surface area contributed by atoms with Gasteiger partial charge in [-0.2, -0.15) is 5.26 Å². The number of allylic oxidation sites excluding steroid dienone is 1. The number of ether oxygens (including phenoxy) is 1. The van der Waals surface area contributed by atoms with Crippen LogP contribution < -0.4 is 10.6 Å². The maximum absolute atomic E-state index is 14.6. The third-order valence-corrected chi connectivity index (χ3v) is 6.01. The molecule has 3 rings (SSSR count). The molecule has 1 aliphatic heterocycles. The average molecular weight is 453 g/mol. The summed E-state index contributed by atoms with van der Waals surface area (Å²) in [6.07, 6.45) is 0. The number of thioether (sulfide) groups is 1. The van der Waals surface area contributed by atoms with Crippen molar-refractivity contribution in [3.8, 4) is 6.07 Å². The van der Waals surface area contributed by atoms with E-state index in [1.807, 2.05) is 25.1 Å². The molecular formula is C23H20FN3O4S. The standard InChI is InChI=1S/C23H20FN3O4S/c1-13-7-3-6-10-17(13)26-18(28)12-32-22-15(11-25)19(14-8-4-5-9-16(14)24)20(21(29)27-22)23(30)31-2/h3-10,19-20H,12H2,1-2H3,(H,26,28)(H,27,29)/t19-,20+/m0/s1.